The van der Waals surface area contributed by atoms with Crippen LogP contribution in [0.5, 0.6) is 0 Å². The quantitative estimate of drug-likeness (QED) is 0.329. The van der Waals surface area contributed by atoms with Crippen LogP contribution in [-0.2, 0) is 16.0 Å². The van der Waals surface area contributed by atoms with Crippen molar-refractivity contribution in [1.29, 1.82) is 0 Å². The average molecular weight is 378 g/mol. The Bertz CT molecular complexity index is 398. The summed E-state index contributed by atoms with van der Waals surface area (Å²) < 4.78 is 4.49. The molecule has 3 N–H and O–H groups in total. The lowest BCUT2D eigenvalue weighted by molar-refractivity contribution is -0.140. The molecule has 0 spiro atoms. The summed E-state index contributed by atoms with van der Waals surface area (Å²) in [7, 11) is 1.35. The van der Waals surface area contributed by atoms with Gasteiger partial charge in [-0.25, -0.2) is 0 Å². The topological polar surface area (TPSA) is 89.6 Å². The van der Waals surface area contributed by atoms with Gasteiger partial charge in [-0.15, -0.1) is 24.0 Å². The molecule has 0 amide bonds. The Morgan fingerprint density at radius 1 is 1.53 bits per heavy atom. The number of carbonyl (C=O) groups is 1. The standard InChI is InChI=1S/C12H18N4O2.HI/c1-18-11(17)6-9-16-12(13)15-8-5-10-4-2-3-7-14-10;/h2-4,7H,5-6,8-9H2,1H3,(H3,13,15,16);1H. The van der Waals surface area contributed by atoms with E-state index in [1.165, 1.54) is 7.11 Å². The van der Waals surface area contributed by atoms with Crippen LogP contribution in [0.2, 0.25) is 0 Å². The van der Waals surface area contributed by atoms with Crippen molar-refractivity contribution in [3.8, 4) is 0 Å². The first-order valence-corrected chi connectivity index (χ1v) is 5.73. The lowest BCUT2D eigenvalue weighted by Crippen LogP contribution is -2.33. The molecule has 0 saturated carbocycles. The number of hydrogen-bond acceptors (Lipinski definition) is 4. The highest BCUT2D eigenvalue weighted by Crippen LogP contribution is 1.92. The number of carbonyl (C=O) groups excluding carboxylic acids is 1. The fourth-order valence-corrected chi connectivity index (χ4v) is 1.29. The van der Waals surface area contributed by atoms with Gasteiger partial charge < -0.3 is 15.8 Å². The van der Waals surface area contributed by atoms with Crippen LogP contribution in [0.4, 0.5) is 0 Å². The molecule has 0 bridgehead atoms. The lowest BCUT2D eigenvalue weighted by atomic mass is 10.3. The van der Waals surface area contributed by atoms with Crippen LogP contribution in [0.15, 0.2) is 29.4 Å². The predicted octanol–water partition coefficient (Wildman–Crippen LogP) is 0.710. The molecule has 0 saturated heterocycles. The Balaban J connectivity index is 0.00000324. The first kappa shape index (κ1) is 17.6. The van der Waals surface area contributed by atoms with Crippen molar-refractivity contribution < 1.29 is 9.53 Å². The highest BCUT2D eigenvalue weighted by atomic mass is 127. The number of esters is 1. The number of guanidine groups is 1. The molecule has 0 aromatic carbocycles. The number of hydrogen-bond donors (Lipinski definition) is 2. The third kappa shape index (κ3) is 8.36. The van der Waals surface area contributed by atoms with Gasteiger partial charge in [0.05, 0.1) is 20.1 Å². The minimum atomic E-state index is -0.292. The van der Waals surface area contributed by atoms with Crippen molar-refractivity contribution in [2.45, 2.75) is 12.8 Å². The fraction of sp³-hybridized carbons (Fsp3) is 0.417. The molecule has 0 fully saturated rings. The lowest BCUT2D eigenvalue weighted by Gasteiger charge is -2.05. The maximum Gasteiger partial charge on any atom is 0.307 e. The van der Waals surface area contributed by atoms with Gasteiger partial charge in [-0.2, -0.15) is 0 Å². The van der Waals surface area contributed by atoms with Gasteiger partial charge in [-0.3, -0.25) is 14.8 Å². The average Bonchev–Trinajstić information content (AvgIpc) is 2.39. The van der Waals surface area contributed by atoms with Gasteiger partial charge >= 0.3 is 5.97 Å². The molecule has 1 aromatic rings. The minimum Gasteiger partial charge on any atom is -0.469 e. The second kappa shape index (κ2) is 10.5. The van der Waals surface area contributed by atoms with Crippen molar-refractivity contribution in [3.63, 3.8) is 0 Å². The molecular formula is C12H19IN4O2. The number of aliphatic imine (C=N–C) groups is 1. The molecule has 0 unspecified atom stereocenters. The van der Waals surface area contributed by atoms with Gasteiger partial charge in [0, 0.05) is 24.9 Å². The van der Waals surface area contributed by atoms with Crippen LogP contribution in [0.1, 0.15) is 12.1 Å². The number of aromatic nitrogens is 1. The van der Waals surface area contributed by atoms with E-state index in [0.717, 1.165) is 12.1 Å². The summed E-state index contributed by atoms with van der Waals surface area (Å²) in [6.07, 6.45) is 2.76. The fourth-order valence-electron chi connectivity index (χ4n) is 1.29. The molecule has 19 heavy (non-hydrogen) atoms. The molecule has 0 aliphatic rings. The molecule has 0 radical (unpaired) electrons. The number of halogens is 1. The van der Waals surface area contributed by atoms with Crippen molar-refractivity contribution in [2.24, 2.45) is 10.7 Å². The van der Waals surface area contributed by atoms with Crippen LogP contribution in [0.25, 0.3) is 0 Å². The Morgan fingerprint density at radius 2 is 2.32 bits per heavy atom. The second-order valence-electron chi connectivity index (χ2n) is 3.59. The van der Waals surface area contributed by atoms with E-state index < -0.39 is 0 Å². The van der Waals surface area contributed by atoms with E-state index in [-0.39, 0.29) is 36.4 Å². The summed E-state index contributed by atoms with van der Waals surface area (Å²) in [6, 6.07) is 5.77. The normalized spacial score (nSPS) is 10.5. The minimum absolute atomic E-state index is 0. The van der Waals surface area contributed by atoms with E-state index >= 15 is 0 Å². The maximum absolute atomic E-state index is 10.8. The van der Waals surface area contributed by atoms with E-state index in [0.29, 0.717) is 19.0 Å². The van der Waals surface area contributed by atoms with E-state index in [1.807, 2.05) is 18.2 Å². The summed E-state index contributed by atoms with van der Waals surface area (Å²) in [5.74, 6) is 0.0369. The number of nitrogens with two attached hydrogens (primary N) is 1. The Kier molecular flexibility index (Phi) is 9.77. The monoisotopic (exact) mass is 378 g/mol. The van der Waals surface area contributed by atoms with Gasteiger partial charge in [0.2, 0.25) is 0 Å². The van der Waals surface area contributed by atoms with E-state index in [2.05, 4.69) is 20.0 Å². The number of rotatable bonds is 6. The molecule has 1 heterocycles. The number of nitrogens with one attached hydrogen (secondary N) is 1. The van der Waals surface area contributed by atoms with Crippen LogP contribution in [0, 0.1) is 0 Å². The molecule has 106 valence electrons. The SMILES string of the molecule is COC(=O)CCN=C(N)NCCc1ccccn1.I. The number of pyridine rings is 1. The van der Waals surface area contributed by atoms with Crippen LogP contribution < -0.4 is 11.1 Å². The molecule has 0 atom stereocenters. The molecule has 6 nitrogen and oxygen atoms in total. The number of ether oxygens (including phenoxy) is 1. The smallest absolute Gasteiger partial charge is 0.307 e. The molecular weight excluding hydrogens is 359 g/mol. The predicted molar refractivity (Wildman–Crippen MR) is 84.5 cm³/mol. The number of methoxy groups -OCH3 is 1. The second-order valence-corrected chi connectivity index (χ2v) is 3.59. The van der Waals surface area contributed by atoms with Gasteiger partial charge in [0.25, 0.3) is 0 Å². The van der Waals surface area contributed by atoms with Crippen molar-refractivity contribution >= 4 is 35.9 Å². The van der Waals surface area contributed by atoms with E-state index in [9.17, 15) is 4.79 Å². The zero-order valence-electron chi connectivity index (χ0n) is 10.8. The molecule has 1 aromatic heterocycles. The van der Waals surface area contributed by atoms with Crippen LogP contribution >= 0.6 is 24.0 Å². The Hall–Kier alpha value is -1.38. The van der Waals surface area contributed by atoms with Gasteiger partial charge in [0.15, 0.2) is 5.96 Å². The summed E-state index contributed by atoms with van der Waals surface area (Å²) in [5, 5.41) is 2.96. The van der Waals surface area contributed by atoms with Crippen LogP contribution in [-0.4, -0.2) is 37.1 Å². The van der Waals surface area contributed by atoms with Crippen LogP contribution in [0.3, 0.4) is 0 Å². The van der Waals surface area contributed by atoms with Crippen molar-refractivity contribution in [2.75, 3.05) is 20.2 Å². The highest BCUT2D eigenvalue weighted by Gasteiger charge is 1.98. The van der Waals surface area contributed by atoms with Crippen molar-refractivity contribution in [1.82, 2.24) is 10.3 Å². The maximum atomic E-state index is 10.8. The third-order valence-corrected chi connectivity index (χ3v) is 2.24. The molecule has 0 aliphatic carbocycles. The molecule has 0 aliphatic heterocycles. The third-order valence-electron chi connectivity index (χ3n) is 2.24. The summed E-state index contributed by atoms with van der Waals surface area (Å²) in [5.41, 5.74) is 6.62. The number of nitrogens with zero attached hydrogens (tertiary/aromatic N) is 2. The van der Waals surface area contributed by atoms with Gasteiger partial charge in [-0.05, 0) is 12.1 Å². The van der Waals surface area contributed by atoms with Gasteiger partial charge in [-0.1, -0.05) is 6.07 Å². The van der Waals surface area contributed by atoms with E-state index in [4.69, 9.17) is 5.73 Å². The summed E-state index contributed by atoms with van der Waals surface area (Å²) >= 11 is 0. The summed E-state index contributed by atoms with van der Waals surface area (Å²) in [6.45, 7) is 0.986. The summed E-state index contributed by atoms with van der Waals surface area (Å²) in [4.78, 5) is 19.0. The largest absolute Gasteiger partial charge is 0.469 e. The van der Waals surface area contributed by atoms with E-state index in [1.54, 1.807) is 6.20 Å². The van der Waals surface area contributed by atoms with Gasteiger partial charge in [0.1, 0.15) is 0 Å². The Morgan fingerprint density at radius 3 is 2.95 bits per heavy atom. The first-order chi connectivity index (χ1) is 8.72. The highest BCUT2D eigenvalue weighted by molar-refractivity contribution is 14.0. The van der Waals surface area contributed by atoms with Crippen molar-refractivity contribution in [3.05, 3.63) is 30.1 Å². The first-order valence-electron chi connectivity index (χ1n) is 5.73. The molecule has 1 rings (SSSR count). The zero-order valence-corrected chi connectivity index (χ0v) is 13.2. The zero-order chi connectivity index (χ0) is 13.2. The molecule has 7 heteroatoms. The Labute approximate surface area is 129 Å².